The Kier molecular flexibility index (Phi) is 4.13. The molecule has 2 rings (SSSR count). The van der Waals surface area contributed by atoms with Crippen molar-refractivity contribution in [2.24, 2.45) is 0 Å². The molecule has 2 aromatic rings. The van der Waals surface area contributed by atoms with Crippen LogP contribution in [0.5, 0.6) is 0 Å². The number of carbonyl (C=O) groups is 1. The van der Waals surface area contributed by atoms with Crippen LogP contribution < -0.4 is 10.5 Å². The Balaban J connectivity index is 2.20. The molecule has 0 saturated carbocycles. The van der Waals surface area contributed by atoms with E-state index in [4.69, 9.17) is 5.73 Å². The molecule has 0 aliphatic rings. The summed E-state index contributed by atoms with van der Waals surface area (Å²) < 4.78 is 31.3. The van der Waals surface area contributed by atoms with Crippen molar-refractivity contribution in [3.8, 4) is 0 Å². The number of nitrogen functional groups attached to an aromatic ring is 1. The SMILES string of the molecule is COC(=O)c1ccc(NS(=O)(=O)c2ccc(N)cc2)cc1. The first-order valence-corrected chi connectivity index (χ1v) is 7.47. The Bertz CT molecular complexity index is 738. The third-order valence-corrected chi connectivity index (χ3v) is 4.15. The Morgan fingerprint density at radius 1 is 1.05 bits per heavy atom. The van der Waals surface area contributed by atoms with Crippen molar-refractivity contribution in [1.29, 1.82) is 0 Å². The molecule has 0 saturated heterocycles. The zero-order valence-corrected chi connectivity index (χ0v) is 12.1. The molecule has 0 fully saturated rings. The van der Waals surface area contributed by atoms with E-state index in [9.17, 15) is 13.2 Å². The number of carbonyl (C=O) groups excluding carboxylic acids is 1. The number of hydrogen-bond acceptors (Lipinski definition) is 5. The number of benzene rings is 2. The summed E-state index contributed by atoms with van der Waals surface area (Å²) in [6, 6.07) is 11.8. The van der Waals surface area contributed by atoms with Crippen LogP contribution in [0.4, 0.5) is 11.4 Å². The van der Waals surface area contributed by atoms with E-state index in [2.05, 4.69) is 9.46 Å². The van der Waals surface area contributed by atoms with Crippen molar-refractivity contribution < 1.29 is 17.9 Å². The van der Waals surface area contributed by atoms with Crippen LogP contribution in [0.3, 0.4) is 0 Å². The lowest BCUT2D eigenvalue weighted by Crippen LogP contribution is -2.13. The molecule has 7 heteroatoms. The van der Waals surface area contributed by atoms with E-state index in [-0.39, 0.29) is 4.90 Å². The lowest BCUT2D eigenvalue weighted by atomic mass is 10.2. The summed E-state index contributed by atoms with van der Waals surface area (Å²) in [5, 5.41) is 0. The molecule has 0 bridgehead atoms. The van der Waals surface area contributed by atoms with Crippen LogP contribution in [-0.4, -0.2) is 21.5 Å². The van der Waals surface area contributed by atoms with Crippen LogP contribution in [0, 0.1) is 0 Å². The molecule has 0 aromatic heterocycles. The van der Waals surface area contributed by atoms with Crippen LogP contribution >= 0.6 is 0 Å². The summed E-state index contributed by atoms with van der Waals surface area (Å²) in [5.74, 6) is -0.483. The monoisotopic (exact) mass is 306 g/mol. The van der Waals surface area contributed by atoms with Crippen molar-refractivity contribution in [3.63, 3.8) is 0 Å². The highest BCUT2D eigenvalue weighted by atomic mass is 32.2. The summed E-state index contributed by atoms with van der Waals surface area (Å²) in [6.45, 7) is 0. The molecule has 110 valence electrons. The molecule has 0 unspecified atom stereocenters. The Hall–Kier alpha value is -2.54. The quantitative estimate of drug-likeness (QED) is 0.663. The number of ether oxygens (including phenoxy) is 1. The van der Waals surface area contributed by atoms with Gasteiger partial charge in [0.15, 0.2) is 0 Å². The van der Waals surface area contributed by atoms with Crippen molar-refractivity contribution >= 4 is 27.4 Å². The molecule has 21 heavy (non-hydrogen) atoms. The van der Waals surface area contributed by atoms with E-state index in [1.807, 2.05) is 0 Å². The number of nitrogens with one attached hydrogen (secondary N) is 1. The molecule has 2 aromatic carbocycles. The molecule has 6 nitrogen and oxygen atoms in total. The van der Waals surface area contributed by atoms with Gasteiger partial charge >= 0.3 is 5.97 Å². The summed E-state index contributed by atoms with van der Waals surface area (Å²) in [4.78, 5) is 11.4. The second-order valence-corrected chi connectivity index (χ2v) is 5.93. The second-order valence-electron chi connectivity index (χ2n) is 4.24. The Labute approximate surface area is 122 Å². The molecule has 0 aliphatic heterocycles. The highest BCUT2D eigenvalue weighted by Crippen LogP contribution is 2.18. The molecular weight excluding hydrogens is 292 g/mol. The molecule has 3 N–H and O–H groups in total. The van der Waals surface area contributed by atoms with E-state index >= 15 is 0 Å². The van der Waals surface area contributed by atoms with Gasteiger partial charge in [-0.1, -0.05) is 0 Å². The van der Waals surface area contributed by atoms with Gasteiger partial charge in [-0.3, -0.25) is 4.72 Å². The molecule has 0 aliphatic carbocycles. The zero-order chi connectivity index (χ0) is 15.5. The Morgan fingerprint density at radius 3 is 2.14 bits per heavy atom. The van der Waals surface area contributed by atoms with Crippen molar-refractivity contribution in [2.45, 2.75) is 4.90 Å². The van der Waals surface area contributed by atoms with E-state index in [0.29, 0.717) is 16.9 Å². The van der Waals surface area contributed by atoms with Gasteiger partial charge in [0.2, 0.25) is 0 Å². The summed E-state index contributed by atoms with van der Waals surface area (Å²) >= 11 is 0. The number of hydrogen-bond donors (Lipinski definition) is 2. The van der Waals surface area contributed by atoms with Crippen molar-refractivity contribution in [3.05, 3.63) is 54.1 Å². The van der Waals surface area contributed by atoms with Crippen LogP contribution in [0.2, 0.25) is 0 Å². The highest BCUT2D eigenvalue weighted by Gasteiger charge is 2.14. The van der Waals surface area contributed by atoms with Crippen LogP contribution in [0.15, 0.2) is 53.4 Å². The van der Waals surface area contributed by atoms with Gasteiger partial charge in [0.1, 0.15) is 0 Å². The number of esters is 1. The second kappa shape index (κ2) is 5.84. The van der Waals surface area contributed by atoms with E-state index in [0.717, 1.165) is 0 Å². The smallest absolute Gasteiger partial charge is 0.337 e. The van der Waals surface area contributed by atoms with Crippen LogP contribution in [0.25, 0.3) is 0 Å². The third kappa shape index (κ3) is 3.51. The molecule has 0 atom stereocenters. The molecule has 0 spiro atoms. The number of sulfonamides is 1. The summed E-state index contributed by atoms with van der Waals surface area (Å²) in [5.41, 5.74) is 6.69. The molecule has 0 amide bonds. The topological polar surface area (TPSA) is 98.5 Å². The first kappa shape index (κ1) is 14.9. The average molecular weight is 306 g/mol. The maximum Gasteiger partial charge on any atom is 0.337 e. The minimum atomic E-state index is -3.69. The minimum Gasteiger partial charge on any atom is -0.465 e. The van der Waals surface area contributed by atoms with E-state index < -0.39 is 16.0 Å². The maximum atomic E-state index is 12.1. The summed E-state index contributed by atoms with van der Waals surface area (Å²) in [6.07, 6.45) is 0. The fourth-order valence-electron chi connectivity index (χ4n) is 1.65. The van der Waals surface area contributed by atoms with E-state index in [1.54, 1.807) is 0 Å². The van der Waals surface area contributed by atoms with Gasteiger partial charge in [-0.25, -0.2) is 13.2 Å². The van der Waals surface area contributed by atoms with Crippen LogP contribution in [-0.2, 0) is 14.8 Å². The lowest BCUT2D eigenvalue weighted by molar-refractivity contribution is 0.0601. The number of anilines is 2. The number of rotatable bonds is 4. The standard InChI is InChI=1S/C14H14N2O4S/c1-20-14(17)10-2-6-12(7-3-10)16-21(18,19)13-8-4-11(15)5-9-13/h2-9,16H,15H2,1H3. The average Bonchev–Trinajstić information content (AvgIpc) is 2.47. The van der Waals surface area contributed by atoms with E-state index in [1.165, 1.54) is 55.6 Å². The largest absolute Gasteiger partial charge is 0.465 e. The first-order chi connectivity index (χ1) is 9.92. The number of methoxy groups -OCH3 is 1. The van der Waals surface area contributed by atoms with Gasteiger partial charge in [-0.2, -0.15) is 0 Å². The van der Waals surface area contributed by atoms with Crippen LogP contribution in [0.1, 0.15) is 10.4 Å². The fraction of sp³-hybridized carbons (Fsp3) is 0.0714. The van der Waals surface area contributed by atoms with Gasteiger partial charge < -0.3 is 10.5 Å². The first-order valence-electron chi connectivity index (χ1n) is 5.99. The third-order valence-electron chi connectivity index (χ3n) is 2.75. The fourth-order valence-corrected chi connectivity index (χ4v) is 2.71. The van der Waals surface area contributed by atoms with Gasteiger partial charge in [-0.15, -0.1) is 0 Å². The lowest BCUT2D eigenvalue weighted by Gasteiger charge is -2.08. The van der Waals surface area contributed by atoms with Crippen molar-refractivity contribution in [2.75, 3.05) is 17.6 Å². The molecule has 0 radical (unpaired) electrons. The molecular formula is C14H14N2O4S. The molecule has 0 heterocycles. The maximum absolute atomic E-state index is 12.1. The normalized spacial score (nSPS) is 10.9. The highest BCUT2D eigenvalue weighted by molar-refractivity contribution is 7.92. The minimum absolute atomic E-state index is 0.105. The predicted molar refractivity (Wildman–Crippen MR) is 79.4 cm³/mol. The van der Waals surface area contributed by atoms with Gasteiger partial charge in [0, 0.05) is 11.4 Å². The summed E-state index contributed by atoms with van der Waals surface area (Å²) in [7, 11) is -2.41. The van der Waals surface area contributed by atoms with Crippen molar-refractivity contribution in [1.82, 2.24) is 0 Å². The zero-order valence-electron chi connectivity index (χ0n) is 11.2. The Morgan fingerprint density at radius 2 is 1.62 bits per heavy atom. The predicted octanol–water partition coefficient (Wildman–Crippen LogP) is 1.86. The van der Waals surface area contributed by atoms with Gasteiger partial charge in [0.25, 0.3) is 10.0 Å². The van der Waals surface area contributed by atoms with Gasteiger partial charge in [0.05, 0.1) is 17.6 Å². The van der Waals surface area contributed by atoms with Gasteiger partial charge in [-0.05, 0) is 48.5 Å². The number of nitrogens with two attached hydrogens (primary N) is 1.